The Morgan fingerprint density at radius 1 is 1.19 bits per heavy atom. The molecule has 0 saturated heterocycles. The maximum Gasteiger partial charge on any atom is 0.231 e. The molecule has 136 valence electrons. The first-order valence-electron chi connectivity index (χ1n) is 8.69. The molecule has 1 atom stereocenters. The summed E-state index contributed by atoms with van der Waals surface area (Å²) in [7, 11) is 0. The van der Waals surface area contributed by atoms with Crippen LogP contribution in [0, 0.1) is 0 Å². The highest BCUT2D eigenvalue weighted by molar-refractivity contribution is 6.12. The molecular formula is C22H18O5. The SMILES string of the molecule is CC(=O)COc1ccc2c(c1)O/C(=C\C1=Cc3ccccc3OC1C)C2=O. The fourth-order valence-corrected chi connectivity index (χ4v) is 3.01. The van der Waals surface area contributed by atoms with Crippen molar-refractivity contribution in [1.29, 1.82) is 0 Å². The van der Waals surface area contributed by atoms with Gasteiger partial charge in [0.15, 0.2) is 11.5 Å². The number of hydrogen-bond acceptors (Lipinski definition) is 5. The summed E-state index contributed by atoms with van der Waals surface area (Å²) in [5, 5.41) is 0. The fraction of sp³-hybridized carbons (Fsp3) is 0.182. The molecule has 1 unspecified atom stereocenters. The molecule has 2 heterocycles. The molecule has 0 radical (unpaired) electrons. The number of carbonyl (C=O) groups is 2. The van der Waals surface area contributed by atoms with E-state index in [2.05, 4.69) is 0 Å². The van der Waals surface area contributed by atoms with E-state index in [-0.39, 0.29) is 30.0 Å². The van der Waals surface area contributed by atoms with Crippen LogP contribution in [0.4, 0.5) is 0 Å². The molecular weight excluding hydrogens is 344 g/mol. The van der Waals surface area contributed by atoms with Crippen LogP contribution >= 0.6 is 0 Å². The average Bonchev–Trinajstić information content (AvgIpc) is 2.96. The van der Waals surface area contributed by atoms with Crippen molar-refractivity contribution < 1.29 is 23.8 Å². The molecule has 5 heteroatoms. The third-order valence-corrected chi connectivity index (χ3v) is 4.40. The molecule has 0 aliphatic carbocycles. The minimum Gasteiger partial charge on any atom is -0.486 e. The van der Waals surface area contributed by atoms with Crippen LogP contribution < -0.4 is 14.2 Å². The predicted molar refractivity (Wildman–Crippen MR) is 100 cm³/mol. The first-order valence-corrected chi connectivity index (χ1v) is 8.69. The summed E-state index contributed by atoms with van der Waals surface area (Å²) in [6.45, 7) is 3.36. The first-order chi connectivity index (χ1) is 13.0. The molecule has 2 aliphatic heterocycles. The van der Waals surface area contributed by atoms with Crippen molar-refractivity contribution in [3.8, 4) is 17.2 Å². The number of allylic oxidation sites excluding steroid dienone is 1. The number of Topliss-reactive ketones (excluding diaryl/α,β-unsaturated/α-hetero) is 2. The van der Waals surface area contributed by atoms with E-state index in [0.29, 0.717) is 17.1 Å². The van der Waals surface area contributed by atoms with Crippen molar-refractivity contribution in [2.24, 2.45) is 0 Å². The fourth-order valence-electron chi connectivity index (χ4n) is 3.01. The van der Waals surface area contributed by atoms with Gasteiger partial charge in [-0.3, -0.25) is 9.59 Å². The highest BCUT2D eigenvalue weighted by atomic mass is 16.5. The summed E-state index contributed by atoms with van der Waals surface area (Å²) < 4.78 is 17.0. The Balaban J connectivity index is 1.61. The molecule has 0 spiro atoms. The topological polar surface area (TPSA) is 61.8 Å². The van der Waals surface area contributed by atoms with Crippen molar-refractivity contribution in [1.82, 2.24) is 0 Å². The van der Waals surface area contributed by atoms with Gasteiger partial charge in [0, 0.05) is 11.6 Å². The molecule has 0 bridgehead atoms. The number of fused-ring (bicyclic) bond motifs is 2. The van der Waals surface area contributed by atoms with E-state index < -0.39 is 0 Å². The second-order valence-corrected chi connectivity index (χ2v) is 6.53. The molecule has 2 aromatic carbocycles. The Morgan fingerprint density at radius 2 is 2.00 bits per heavy atom. The highest BCUT2D eigenvalue weighted by Crippen LogP contribution is 2.36. The standard InChI is InChI=1S/C22H18O5/c1-13(23)12-25-17-7-8-18-20(11-17)27-21(22(18)24)10-16-9-15-5-3-4-6-19(15)26-14(16)2/h3-11,14H,12H2,1-2H3/b21-10-. The van der Waals surface area contributed by atoms with E-state index in [1.807, 2.05) is 37.3 Å². The number of benzene rings is 2. The molecule has 2 aromatic rings. The summed E-state index contributed by atoms with van der Waals surface area (Å²) >= 11 is 0. The number of ether oxygens (including phenoxy) is 3. The van der Waals surface area contributed by atoms with Crippen molar-refractivity contribution in [2.75, 3.05) is 6.61 Å². The summed E-state index contributed by atoms with van der Waals surface area (Å²) in [6, 6.07) is 12.7. The summed E-state index contributed by atoms with van der Waals surface area (Å²) in [5.74, 6) is 1.72. The molecule has 0 amide bonds. The van der Waals surface area contributed by atoms with Crippen LogP contribution in [0.25, 0.3) is 6.08 Å². The lowest BCUT2D eigenvalue weighted by atomic mass is 10.0. The zero-order chi connectivity index (χ0) is 19.0. The minimum atomic E-state index is -0.193. The molecule has 5 nitrogen and oxygen atoms in total. The van der Waals surface area contributed by atoms with E-state index in [9.17, 15) is 9.59 Å². The molecule has 4 rings (SSSR count). The highest BCUT2D eigenvalue weighted by Gasteiger charge is 2.29. The quantitative estimate of drug-likeness (QED) is 0.770. The zero-order valence-corrected chi connectivity index (χ0v) is 15.0. The van der Waals surface area contributed by atoms with Crippen molar-refractivity contribution in [3.63, 3.8) is 0 Å². The summed E-state index contributed by atoms with van der Waals surface area (Å²) in [5.41, 5.74) is 2.30. The van der Waals surface area contributed by atoms with Crippen LogP contribution in [0.2, 0.25) is 0 Å². The van der Waals surface area contributed by atoms with Gasteiger partial charge in [-0.1, -0.05) is 18.2 Å². The summed E-state index contributed by atoms with van der Waals surface area (Å²) in [6.07, 6.45) is 3.53. The van der Waals surface area contributed by atoms with Gasteiger partial charge < -0.3 is 14.2 Å². The monoisotopic (exact) mass is 362 g/mol. The van der Waals surface area contributed by atoms with E-state index in [1.165, 1.54) is 6.92 Å². The third-order valence-electron chi connectivity index (χ3n) is 4.40. The van der Waals surface area contributed by atoms with Crippen molar-refractivity contribution >= 4 is 17.6 Å². The normalized spacial score (nSPS) is 18.9. The Labute approximate surface area is 156 Å². The van der Waals surface area contributed by atoms with Gasteiger partial charge in [0.25, 0.3) is 0 Å². The molecule has 0 aromatic heterocycles. The van der Waals surface area contributed by atoms with Gasteiger partial charge in [-0.2, -0.15) is 0 Å². The molecule has 2 aliphatic rings. The largest absolute Gasteiger partial charge is 0.486 e. The van der Waals surface area contributed by atoms with Crippen LogP contribution in [0.15, 0.2) is 59.9 Å². The van der Waals surface area contributed by atoms with Gasteiger partial charge >= 0.3 is 0 Å². The van der Waals surface area contributed by atoms with E-state index in [1.54, 1.807) is 24.3 Å². The lowest BCUT2D eigenvalue weighted by molar-refractivity contribution is -0.118. The Morgan fingerprint density at radius 3 is 2.81 bits per heavy atom. The Hall–Kier alpha value is -3.34. The zero-order valence-electron chi connectivity index (χ0n) is 15.0. The van der Waals surface area contributed by atoms with Gasteiger partial charge in [0.1, 0.15) is 30.0 Å². The van der Waals surface area contributed by atoms with Crippen LogP contribution in [0.3, 0.4) is 0 Å². The van der Waals surface area contributed by atoms with E-state index >= 15 is 0 Å². The maximum absolute atomic E-state index is 12.6. The van der Waals surface area contributed by atoms with Gasteiger partial charge in [-0.05, 0) is 49.8 Å². The van der Waals surface area contributed by atoms with Crippen LogP contribution in [-0.2, 0) is 4.79 Å². The minimum absolute atomic E-state index is 0.0173. The van der Waals surface area contributed by atoms with Crippen LogP contribution in [0.5, 0.6) is 17.2 Å². The smallest absolute Gasteiger partial charge is 0.231 e. The maximum atomic E-state index is 12.6. The second-order valence-electron chi connectivity index (χ2n) is 6.53. The molecule has 0 N–H and O–H groups in total. The van der Waals surface area contributed by atoms with E-state index in [0.717, 1.165) is 16.9 Å². The third kappa shape index (κ3) is 3.36. The molecule has 27 heavy (non-hydrogen) atoms. The average molecular weight is 362 g/mol. The number of hydrogen-bond donors (Lipinski definition) is 0. The van der Waals surface area contributed by atoms with E-state index in [4.69, 9.17) is 14.2 Å². The van der Waals surface area contributed by atoms with Gasteiger partial charge in [0.2, 0.25) is 5.78 Å². The lowest BCUT2D eigenvalue weighted by Crippen LogP contribution is -2.18. The molecule has 0 saturated carbocycles. The van der Waals surface area contributed by atoms with Crippen LogP contribution in [-0.4, -0.2) is 24.3 Å². The van der Waals surface area contributed by atoms with Gasteiger partial charge in [-0.15, -0.1) is 0 Å². The number of para-hydroxylation sites is 1. The van der Waals surface area contributed by atoms with Crippen molar-refractivity contribution in [2.45, 2.75) is 20.0 Å². The van der Waals surface area contributed by atoms with Gasteiger partial charge in [-0.25, -0.2) is 0 Å². The molecule has 0 fully saturated rings. The Bertz CT molecular complexity index is 1000. The summed E-state index contributed by atoms with van der Waals surface area (Å²) in [4.78, 5) is 23.7. The first kappa shape index (κ1) is 17.1. The predicted octanol–water partition coefficient (Wildman–Crippen LogP) is 3.98. The van der Waals surface area contributed by atoms with Gasteiger partial charge in [0.05, 0.1) is 5.56 Å². The lowest BCUT2D eigenvalue weighted by Gasteiger charge is -2.22. The number of carbonyl (C=O) groups excluding carboxylic acids is 2. The number of ketones is 2. The second kappa shape index (κ2) is 6.76. The Kier molecular flexibility index (Phi) is 4.28. The number of rotatable bonds is 4. The van der Waals surface area contributed by atoms with Crippen molar-refractivity contribution in [3.05, 3.63) is 71.0 Å². The van der Waals surface area contributed by atoms with Crippen LogP contribution in [0.1, 0.15) is 29.8 Å².